The van der Waals surface area contributed by atoms with E-state index < -0.39 is 0 Å². The minimum Gasteiger partial charge on any atom is -0.507 e. The number of hydrogen-bond acceptors (Lipinski definition) is 5. The van der Waals surface area contributed by atoms with Gasteiger partial charge in [0.15, 0.2) is 0 Å². The van der Waals surface area contributed by atoms with Gasteiger partial charge in [-0.05, 0) is 18.2 Å². The lowest BCUT2D eigenvalue weighted by atomic mass is 10.2. The van der Waals surface area contributed by atoms with E-state index in [2.05, 4.69) is 15.5 Å². The van der Waals surface area contributed by atoms with Crippen molar-refractivity contribution in [2.45, 2.75) is 6.42 Å². The zero-order valence-electron chi connectivity index (χ0n) is 13.0. The van der Waals surface area contributed by atoms with Gasteiger partial charge in [-0.1, -0.05) is 41.9 Å². The maximum absolute atomic E-state index is 12.0. The molecule has 0 unspecified atom stereocenters. The number of aromatic hydroxyl groups is 1. The standard InChI is InChI=1S/C18H14ClN3O2S/c19-14-6-7-16(23)13(8-14)10-20-22-17(24)9-18-21-15(11-25-18)12-4-2-1-3-5-12/h1-8,10-11,23H,9H2,(H,22,24)/b20-10+. The van der Waals surface area contributed by atoms with E-state index >= 15 is 0 Å². The molecule has 1 aromatic heterocycles. The third-order valence-corrected chi connectivity index (χ3v) is 4.40. The number of nitrogens with zero attached hydrogens (tertiary/aromatic N) is 2. The van der Waals surface area contributed by atoms with Crippen LogP contribution in [0.5, 0.6) is 5.75 Å². The Hall–Kier alpha value is -2.70. The zero-order valence-corrected chi connectivity index (χ0v) is 14.6. The monoisotopic (exact) mass is 371 g/mol. The molecule has 0 spiro atoms. The van der Waals surface area contributed by atoms with Crippen molar-refractivity contribution in [3.63, 3.8) is 0 Å². The largest absolute Gasteiger partial charge is 0.507 e. The molecule has 126 valence electrons. The number of carbonyl (C=O) groups excluding carboxylic acids is 1. The van der Waals surface area contributed by atoms with Gasteiger partial charge in [-0.25, -0.2) is 10.4 Å². The Labute approximate surface area is 153 Å². The number of hydrogen-bond donors (Lipinski definition) is 2. The summed E-state index contributed by atoms with van der Waals surface area (Å²) in [7, 11) is 0. The van der Waals surface area contributed by atoms with E-state index in [9.17, 15) is 9.90 Å². The number of thiazole rings is 1. The lowest BCUT2D eigenvalue weighted by Crippen LogP contribution is -2.19. The molecule has 0 bridgehead atoms. The highest BCUT2D eigenvalue weighted by molar-refractivity contribution is 7.10. The van der Waals surface area contributed by atoms with Crippen molar-refractivity contribution in [3.05, 3.63) is 69.5 Å². The highest BCUT2D eigenvalue weighted by Crippen LogP contribution is 2.22. The Morgan fingerprint density at radius 2 is 2.08 bits per heavy atom. The quantitative estimate of drug-likeness (QED) is 0.528. The topological polar surface area (TPSA) is 74.6 Å². The Balaban J connectivity index is 1.59. The average molecular weight is 372 g/mol. The number of amides is 1. The third kappa shape index (κ3) is 4.65. The van der Waals surface area contributed by atoms with Crippen molar-refractivity contribution in [1.82, 2.24) is 10.4 Å². The highest BCUT2D eigenvalue weighted by Gasteiger charge is 2.08. The third-order valence-electron chi connectivity index (χ3n) is 3.32. The molecule has 1 heterocycles. The van der Waals surface area contributed by atoms with E-state index in [1.54, 1.807) is 12.1 Å². The van der Waals surface area contributed by atoms with Crippen LogP contribution < -0.4 is 5.43 Å². The summed E-state index contributed by atoms with van der Waals surface area (Å²) in [5.41, 5.74) is 4.70. The van der Waals surface area contributed by atoms with Crippen LogP contribution in [0.3, 0.4) is 0 Å². The molecule has 3 rings (SSSR count). The first-order valence-corrected chi connectivity index (χ1v) is 8.68. The summed E-state index contributed by atoms with van der Waals surface area (Å²) in [6.45, 7) is 0. The molecule has 5 nitrogen and oxygen atoms in total. The van der Waals surface area contributed by atoms with E-state index in [0.717, 1.165) is 11.3 Å². The zero-order chi connectivity index (χ0) is 17.6. The van der Waals surface area contributed by atoms with Gasteiger partial charge in [0.2, 0.25) is 5.91 Å². The summed E-state index contributed by atoms with van der Waals surface area (Å²) >= 11 is 7.28. The second kappa shape index (κ2) is 7.92. The second-order valence-electron chi connectivity index (χ2n) is 5.17. The smallest absolute Gasteiger partial charge is 0.246 e. The number of carbonyl (C=O) groups is 1. The van der Waals surface area contributed by atoms with Crippen LogP contribution in [-0.2, 0) is 11.2 Å². The van der Waals surface area contributed by atoms with Crippen molar-refractivity contribution >= 4 is 35.1 Å². The molecule has 0 radical (unpaired) electrons. The van der Waals surface area contributed by atoms with E-state index in [-0.39, 0.29) is 18.1 Å². The molecular weight excluding hydrogens is 358 g/mol. The van der Waals surface area contributed by atoms with Gasteiger partial charge in [-0.15, -0.1) is 11.3 Å². The summed E-state index contributed by atoms with van der Waals surface area (Å²) in [5, 5.41) is 16.6. The Bertz CT molecular complexity index is 910. The molecule has 0 atom stereocenters. The molecule has 2 N–H and O–H groups in total. The van der Waals surface area contributed by atoms with Crippen LogP contribution in [0.1, 0.15) is 10.6 Å². The molecule has 0 aliphatic carbocycles. The normalized spacial score (nSPS) is 10.9. The SMILES string of the molecule is O=C(Cc1nc(-c2ccccc2)cs1)N/N=C/c1cc(Cl)ccc1O. The van der Waals surface area contributed by atoms with Gasteiger partial charge in [0.1, 0.15) is 10.8 Å². The first-order valence-electron chi connectivity index (χ1n) is 7.42. The Morgan fingerprint density at radius 3 is 2.88 bits per heavy atom. The van der Waals surface area contributed by atoms with Gasteiger partial charge in [-0.3, -0.25) is 4.79 Å². The van der Waals surface area contributed by atoms with Gasteiger partial charge in [0.25, 0.3) is 0 Å². The van der Waals surface area contributed by atoms with Gasteiger partial charge < -0.3 is 5.11 Å². The summed E-state index contributed by atoms with van der Waals surface area (Å²) in [5.74, 6) is -0.249. The van der Waals surface area contributed by atoms with Gasteiger partial charge in [0, 0.05) is 21.5 Å². The van der Waals surface area contributed by atoms with Crippen LogP contribution in [-0.4, -0.2) is 22.2 Å². The van der Waals surface area contributed by atoms with Crippen LogP contribution in [0.4, 0.5) is 0 Å². The molecule has 2 aromatic carbocycles. The van der Waals surface area contributed by atoms with Gasteiger partial charge >= 0.3 is 0 Å². The van der Waals surface area contributed by atoms with Crippen molar-refractivity contribution < 1.29 is 9.90 Å². The van der Waals surface area contributed by atoms with E-state index in [1.807, 2.05) is 35.7 Å². The second-order valence-corrected chi connectivity index (χ2v) is 6.54. The number of phenolic OH excluding ortho intramolecular Hbond substituents is 1. The van der Waals surface area contributed by atoms with Crippen LogP contribution in [0.15, 0.2) is 59.0 Å². The highest BCUT2D eigenvalue weighted by atomic mass is 35.5. The molecule has 0 saturated carbocycles. The van der Waals surface area contributed by atoms with Gasteiger partial charge in [-0.2, -0.15) is 5.10 Å². The molecular formula is C18H14ClN3O2S. The minimum absolute atomic E-state index is 0.0369. The maximum Gasteiger partial charge on any atom is 0.246 e. The Morgan fingerprint density at radius 1 is 1.28 bits per heavy atom. The van der Waals surface area contributed by atoms with E-state index in [0.29, 0.717) is 15.6 Å². The summed E-state index contributed by atoms with van der Waals surface area (Å²) < 4.78 is 0. The van der Waals surface area contributed by atoms with Crippen LogP contribution in [0.25, 0.3) is 11.3 Å². The van der Waals surface area contributed by atoms with Gasteiger partial charge in [0.05, 0.1) is 18.3 Å². The summed E-state index contributed by atoms with van der Waals surface area (Å²) in [4.78, 5) is 16.4. The lowest BCUT2D eigenvalue weighted by molar-refractivity contribution is -0.120. The van der Waals surface area contributed by atoms with Crippen LogP contribution in [0.2, 0.25) is 5.02 Å². The fraction of sp³-hybridized carbons (Fsp3) is 0.0556. The fourth-order valence-corrected chi connectivity index (χ4v) is 3.10. The maximum atomic E-state index is 12.0. The summed E-state index contributed by atoms with van der Waals surface area (Å²) in [6, 6.07) is 14.4. The molecule has 25 heavy (non-hydrogen) atoms. The number of nitrogens with one attached hydrogen (secondary N) is 1. The molecule has 0 saturated heterocycles. The number of benzene rings is 2. The van der Waals surface area contributed by atoms with Crippen molar-refractivity contribution in [3.8, 4) is 17.0 Å². The average Bonchev–Trinajstić information content (AvgIpc) is 3.07. The van der Waals surface area contributed by atoms with Crippen LogP contribution in [0, 0.1) is 0 Å². The number of hydrazone groups is 1. The molecule has 1 amide bonds. The van der Waals surface area contributed by atoms with Crippen molar-refractivity contribution in [1.29, 1.82) is 0 Å². The van der Waals surface area contributed by atoms with E-state index in [4.69, 9.17) is 11.6 Å². The lowest BCUT2D eigenvalue weighted by Gasteiger charge is -2.00. The first kappa shape index (κ1) is 17.1. The molecule has 0 aliphatic rings. The van der Waals surface area contributed by atoms with Crippen LogP contribution >= 0.6 is 22.9 Å². The molecule has 0 fully saturated rings. The molecule has 0 aliphatic heterocycles. The Kier molecular flexibility index (Phi) is 5.42. The molecule has 7 heteroatoms. The fourth-order valence-electron chi connectivity index (χ4n) is 2.11. The number of aromatic nitrogens is 1. The summed E-state index contributed by atoms with van der Waals surface area (Å²) in [6.07, 6.45) is 1.48. The van der Waals surface area contributed by atoms with Crippen molar-refractivity contribution in [2.75, 3.05) is 0 Å². The first-order chi connectivity index (χ1) is 12.1. The van der Waals surface area contributed by atoms with Crippen molar-refractivity contribution in [2.24, 2.45) is 5.10 Å². The minimum atomic E-state index is -0.285. The predicted molar refractivity (Wildman–Crippen MR) is 100 cm³/mol. The molecule has 3 aromatic rings. The number of phenols is 1. The number of rotatable bonds is 5. The predicted octanol–water partition coefficient (Wildman–Crippen LogP) is 3.86. The van der Waals surface area contributed by atoms with E-state index in [1.165, 1.54) is 23.6 Å². The number of halogens is 1.